The number of benzene rings is 1. The zero-order valence-electron chi connectivity index (χ0n) is 16.5. The van der Waals surface area contributed by atoms with Gasteiger partial charge in [0, 0.05) is 5.33 Å². The van der Waals surface area contributed by atoms with Crippen molar-refractivity contribution in [3.05, 3.63) is 29.3 Å². The lowest BCUT2D eigenvalue weighted by molar-refractivity contribution is 0.0600. The maximum atomic E-state index is 11.6. The van der Waals surface area contributed by atoms with Crippen LogP contribution in [0.5, 0.6) is 5.75 Å². The molecule has 0 aromatic heterocycles. The topological polar surface area (TPSA) is 35.5 Å². The number of methoxy groups -OCH3 is 1. The molecule has 0 amide bonds. The van der Waals surface area contributed by atoms with Crippen LogP contribution in [0, 0.1) is 6.92 Å². The molecule has 0 aliphatic heterocycles. The van der Waals surface area contributed by atoms with Crippen molar-refractivity contribution in [2.75, 3.05) is 19.0 Å². The van der Waals surface area contributed by atoms with Crippen LogP contribution in [0.1, 0.15) is 86.6 Å². The van der Waals surface area contributed by atoms with Gasteiger partial charge in [-0.25, -0.2) is 4.79 Å². The van der Waals surface area contributed by atoms with Gasteiger partial charge in [-0.2, -0.15) is 0 Å². The Bertz CT molecular complexity index is 502. The fourth-order valence-electron chi connectivity index (χ4n) is 3.04. The van der Waals surface area contributed by atoms with Gasteiger partial charge in [-0.15, -0.1) is 0 Å². The van der Waals surface area contributed by atoms with Gasteiger partial charge in [0.2, 0.25) is 0 Å². The highest BCUT2D eigenvalue weighted by Crippen LogP contribution is 2.18. The second-order valence-corrected chi connectivity index (χ2v) is 7.69. The van der Waals surface area contributed by atoms with Crippen LogP contribution >= 0.6 is 15.9 Å². The summed E-state index contributed by atoms with van der Waals surface area (Å²) in [4.78, 5) is 11.6. The first-order valence-corrected chi connectivity index (χ1v) is 11.2. The zero-order valence-corrected chi connectivity index (χ0v) is 18.1. The molecule has 0 bridgehead atoms. The quantitative estimate of drug-likeness (QED) is 0.175. The highest BCUT2D eigenvalue weighted by molar-refractivity contribution is 9.09. The van der Waals surface area contributed by atoms with Crippen molar-refractivity contribution < 1.29 is 14.3 Å². The van der Waals surface area contributed by atoms with Crippen molar-refractivity contribution in [3.8, 4) is 5.75 Å². The first kappa shape index (κ1) is 23.0. The number of rotatable bonds is 15. The van der Waals surface area contributed by atoms with E-state index in [9.17, 15) is 4.79 Å². The number of carbonyl (C=O) groups excluding carboxylic acids is 1. The van der Waals surface area contributed by atoms with E-state index in [1.807, 2.05) is 19.1 Å². The van der Waals surface area contributed by atoms with Crippen molar-refractivity contribution in [2.24, 2.45) is 0 Å². The molecule has 0 saturated heterocycles. The Labute approximate surface area is 168 Å². The Balaban J connectivity index is 1.99. The fourth-order valence-corrected chi connectivity index (χ4v) is 3.44. The Kier molecular flexibility index (Phi) is 13.3. The Hall–Kier alpha value is -1.03. The number of unbranched alkanes of at least 4 members (excludes halogenated alkanes) is 10. The summed E-state index contributed by atoms with van der Waals surface area (Å²) in [5.41, 5.74) is 1.49. The van der Waals surface area contributed by atoms with Crippen LogP contribution < -0.4 is 4.74 Å². The van der Waals surface area contributed by atoms with E-state index in [0.29, 0.717) is 5.56 Å². The molecule has 0 spiro atoms. The number of halogens is 1. The van der Waals surface area contributed by atoms with Crippen molar-refractivity contribution in [3.63, 3.8) is 0 Å². The van der Waals surface area contributed by atoms with E-state index in [2.05, 4.69) is 15.9 Å². The highest BCUT2D eigenvalue weighted by atomic mass is 79.9. The van der Waals surface area contributed by atoms with Crippen LogP contribution in [0.4, 0.5) is 0 Å². The summed E-state index contributed by atoms with van der Waals surface area (Å²) in [6.45, 7) is 2.64. The third-order valence-electron chi connectivity index (χ3n) is 4.65. The number of hydrogen-bond acceptors (Lipinski definition) is 3. The van der Waals surface area contributed by atoms with Gasteiger partial charge in [-0.05, 0) is 43.5 Å². The average molecular weight is 427 g/mol. The van der Waals surface area contributed by atoms with Crippen LogP contribution in [0.25, 0.3) is 0 Å². The first-order chi connectivity index (χ1) is 12.7. The van der Waals surface area contributed by atoms with Gasteiger partial charge in [0.15, 0.2) is 0 Å². The van der Waals surface area contributed by atoms with E-state index >= 15 is 0 Å². The normalized spacial score (nSPS) is 10.7. The molecule has 0 radical (unpaired) electrons. The van der Waals surface area contributed by atoms with Gasteiger partial charge in [0.05, 0.1) is 19.3 Å². The number of alkyl halides is 1. The van der Waals surface area contributed by atoms with Gasteiger partial charge in [0.25, 0.3) is 0 Å². The number of aryl methyl sites for hydroxylation is 1. The fraction of sp³-hybridized carbons (Fsp3) is 0.682. The van der Waals surface area contributed by atoms with Crippen LogP contribution in [0.15, 0.2) is 18.2 Å². The predicted molar refractivity (Wildman–Crippen MR) is 113 cm³/mol. The SMILES string of the molecule is COC(=O)c1ccc(OCCCCCCCCCCCCCBr)cc1C. The molecule has 0 aliphatic rings. The maximum absolute atomic E-state index is 11.6. The van der Waals surface area contributed by atoms with Crippen molar-refractivity contribution in [1.29, 1.82) is 0 Å². The zero-order chi connectivity index (χ0) is 19.0. The number of hydrogen-bond donors (Lipinski definition) is 0. The maximum Gasteiger partial charge on any atom is 0.338 e. The standard InChI is InChI=1S/C22H35BrO3/c1-19-18-20(14-15-21(19)22(24)25-2)26-17-13-11-9-7-5-3-4-6-8-10-12-16-23/h14-15,18H,3-13,16-17H2,1-2H3. The Morgan fingerprint density at radius 1 is 0.885 bits per heavy atom. The molecule has 0 aliphatic carbocycles. The molecule has 4 heteroatoms. The Morgan fingerprint density at radius 3 is 1.92 bits per heavy atom. The minimum Gasteiger partial charge on any atom is -0.494 e. The second kappa shape index (κ2) is 15.1. The molecule has 148 valence electrons. The summed E-state index contributed by atoms with van der Waals surface area (Å²) in [5, 5.41) is 1.15. The molecule has 1 aromatic carbocycles. The summed E-state index contributed by atoms with van der Waals surface area (Å²) in [6.07, 6.45) is 14.6. The third-order valence-corrected chi connectivity index (χ3v) is 5.21. The smallest absolute Gasteiger partial charge is 0.338 e. The van der Waals surface area contributed by atoms with E-state index in [0.717, 1.165) is 29.7 Å². The van der Waals surface area contributed by atoms with Crippen molar-refractivity contribution in [1.82, 2.24) is 0 Å². The van der Waals surface area contributed by atoms with Gasteiger partial charge < -0.3 is 9.47 Å². The van der Waals surface area contributed by atoms with Crippen molar-refractivity contribution in [2.45, 2.75) is 77.6 Å². The summed E-state index contributed by atoms with van der Waals surface area (Å²) in [5.74, 6) is 0.531. The lowest BCUT2D eigenvalue weighted by Gasteiger charge is -2.09. The lowest BCUT2D eigenvalue weighted by Crippen LogP contribution is -2.04. The molecule has 0 atom stereocenters. The highest BCUT2D eigenvalue weighted by Gasteiger charge is 2.09. The van der Waals surface area contributed by atoms with Crippen LogP contribution in [0.3, 0.4) is 0 Å². The average Bonchev–Trinajstić information content (AvgIpc) is 2.65. The minimum atomic E-state index is -0.298. The van der Waals surface area contributed by atoms with Gasteiger partial charge >= 0.3 is 5.97 Å². The molecular formula is C22H35BrO3. The monoisotopic (exact) mass is 426 g/mol. The molecule has 0 saturated carbocycles. The molecule has 0 heterocycles. The second-order valence-electron chi connectivity index (χ2n) is 6.89. The molecule has 0 fully saturated rings. The van der Waals surface area contributed by atoms with Gasteiger partial charge in [-0.3, -0.25) is 0 Å². The summed E-state index contributed by atoms with van der Waals surface area (Å²) >= 11 is 3.48. The van der Waals surface area contributed by atoms with Crippen LogP contribution in [-0.2, 0) is 4.74 Å². The van der Waals surface area contributed by atoms with Crippen molar-refractivity contribution >= 4 is 21.9 Å². The van der Waals surface area contributed by atoms with E-state index in [1.54, 1.807) is 6.07 Å². The van der Waals surface area contributed by atoms with Gasteiger partial charge in [0.1, 0.15) is 5.75 Å². The molecule has 0 N–H and O–H groups in total. The van der Waals surface area contributed by atoms with E-state index in [1.165, 1.54) is 71.3 Å². The van der Waals surface area contributed by atoms with Crippen LogP contribution in [-0.4, -0.2) is 25.0 Å². The number of ether oxygens (including phenoxy) is 2. The number of carbonyl (C=O) groups is 1. The van der Waals surface area contributed by atoms with E-state index in [-0.39, 0.29) is 5.97 Å². The van der Waals surface area contributed by atoms with E-state index < -0.39 is 0 Å². The Morgan fingerprint density at radius 2 is 1.42 bits per heavy atom. The molecule has 1 rings (SSSR count). The third kappa shape index (κ3) is 10.2. The lowest BCUT2D eigenvalue weighted by atomic mass is 10.1. The van der Waals surface area contributed by atoms with Crippen LogP contribution in [0.2, 0.25) is 0 Å². The largest absolute Gasteiger partial charge is 0.494 e. The first-order valence-electron chi connectivity index (χ1n) is 10.1. The minimum absolute atomic E-state index is 0.298. The number of esters is 1. The predicted octanol–water partition coefficient (Wildman–Crippen LogP) is 6.85. The summed E-state index contributed by atoms with van der Waals surface area (Å²) in [7, 11) is 1.40. The summed E-state index contributed by atoms with van der Waals surface area (Å²) in [6, 6.07) is 5.53. The van der Waals surface area contributed by atoms with Gasteiger partial charge in [-0.1, -0.05) is 73.7 Å². The molecule has 0 unspecified atom stereocenters. The molecular weight excluding hydrogens is 392 g/mol. The summed E-state index contributed by atoms with van der Waals surface area (Å²) < 4.78 is 10.5. The molecule has 3 nitrogen and oxygen atoms in total. The molecule has 1 aromatic rings. The molecule has 26 heavy (non-hydrogen) atoms. The van der Waals surface area contributed by atoms with E-state index in [4.69, 9.17) is 9.47 Å².